The van der Waals surface area contributed by atoms with E-state index in [2.05, 4.69) is 0 Å². The Hall–Kier alpha value is -2.81. The summed E-state index contributed by atoms with van der Waals surface area (Å²) in [5, 5.41) is 11.8. The molecule has 110 valence electrons. The third-order valence-corrected chi connectivity index (χ3v) is 3.48. The van der Waals surface area contributed by atoms with Crippen LogP contribution >= 0.6 is 0 Å². The van der Waals surface area contributed by atoms with E-state index in [1.807, 2.05) is 66.7 Å². The maximum Gasteiger partial charge on any atom is 0.226 e. The first-order valence-corrected chi connectivity index (χ1v) is 7.19. The van der Waals surface area contributed by atoms with Crippen LogP contribution in [0.15, 0.2) is 66.7 Å². The van der Waals surface area contributed by atoms with Crippen molar-refractivity contribution in [1.29, 1.82) is 0 Å². The maximum atomic E-state index is 9.60. The van der Waals surface area contributed by atoms with Crippen LogP contribution < -0.4 is 4.74 Å². The molecule has 0 heterocycles. The molecule has 0 aliphatic rings. The maximum absolute atomic E-state index is 9.60. The number of benzene rings is 3. The summed E-state index contributed by atoms with van der Waals surface area (Å²) in [5.41, 5.74) is 1.98. The van der Waals surface area contributed by atoms with Crippen molar-refractivity contribution < 1.29 is 14.7 Å². The highest BCUT2D eigenvalue weighted by Crippen LogP contribution is 2.27. The molecule has 22 heavy (non-hydrogen) atoms. The molecule has 0 spiro atoms. The Balaban J connectivity index is 1.99. The van der Waals surface area contributed by atoms with Gasteiger partial charge in [-0.2, -0.15) is 0 Å². The van der Waals surface area contributed by atoms with Crippen molar-refractivity contribution in [2.45, 2.75) is 6.61 Å². The molecule has 3 aromatic rings. The van der Waals surface area contributed by atoms with Gasteiger partial charge < -0.3 is 4.74 Å². The second kappa shape index (κ2) is 6.31. The van der Waals surface area contributed by atoms with Gasteiger partial charge in [-0.1, -0.05) is 60.7 Å². The molecule has 3 rings (SSSR count). The van der Waals surface area contributed by atoms with Gasteiger partial charge in [-0.25, -0.2) is 0 Å². The molecule has 0 atom stereocenters. The average molecular weight is 292 g/mol. The van der Waals surface area contributed by atoms with E-state index in [1.165, 1.54) is 0 Å². The van der Waals surface area contributed by atoms with Gasteiger partial charge in [0.2, 0.25) is 6.21 Å². The van der Waals surface area contributed by atoms with Crippen LogP contribution in [0.25, 0.3) is 10.8 Å². The highest BCUT2D eigenvalue weighted by molar-refractivity contribution is 6.01. The molecule has 0 aromatic heterocycles. The molecule has 0 saturated carbocycles. The van der Waals surface area contributed by atoms with E-state index in [-0.39, 0.29) is 0 Å². The van der Waals surface area contributed by atoms with Crippen LogP contribution in [0, 0.1) is 0 Å². The normalized spacial score (nSPS) is 11.6. The van der Waals surface area contributed by atoms with E-state index in [1.54, 1.807) is 13.3 Å². The van der Waals surface area contributed by atoms with Gasteiger partial charge in [-0.3, -0.25) is 5.21 Å². The minimum absolute atomic E-state index is 0.495. The Kier molecular flexibility index (Phi) is 4.05. The lowest BCUT2D eigenvalue weighted by molar-refractivity contribution is -0.750. The van der Waals surface area contributed by atoms with Crippen LogP contribution in [0.3, 0.4) is 0 Å². The predicted octanol–water partition coefficient (Wildman–Crippen LogP) is 3.87. The lowest BCUT2D eigenvalue weighted by Gasteiger charge is -2.10. The zero-order valence-electron chi connectivity index (χ0n) is 12.4. The zero-order valence-corrected chi connectivity index (χ0v) is 12.4. The van der Waals surface area contributed by atoms with Crippen LogP contribution in [-0.4, -0.2) is 23.2 Å². The lowest BCUT2D eigenvalue weighted by Crippen LogP contribution is -2.05. The highest BCUT2D eigenvalue weighted by Gasteiger charge is 2.11. The molecule has 0 fully saturated rings. The number of rotatable bonds is 4. The summed E-state index contributed by atoms with van der Waals surface area (Å²) in [5.74, 6) is 0.753. The molecule has 3 heteroatoms. The van der Waals surface area contributed by atoms with E-state index >= 15 is 0 Å². The van der Waals surface area contributed by atoms with Gasteiger partial charge >= 0.3 is 0 Å². The molecular formula is C19H18NO2+. The SMILES string of the molecule is C[N+](O)=Cc1c(OCc2ccccc2)ccc2ccccc12. The standard InChI is InChI=1S/C19H18NO2/c1-20(21)13-18-17-10-6-5-9-16(17)11-12-19(18)22-14-15-7-3-2-4-8-15/h2-13,21H,14H2,1H3/q+1. The quantitative estimate of drug-likeness (QED) is 0.343. The van der Waals surface area contributed by atoms with Gasteiger partial charge in [0.25, 0.3) is 0 Å². The molecule has 0 amide bonds. The minimum atomic E-state index is 0.495. The highest BCUT2D eigenvalue weighted by atomic mass is 16.5. The van der Waals surface area contributed by atoms with Gasteiger partial charge in [-0.15, -0.1) is 0 Å². The lowest BCUT2D eigenvalue weighted by atomic mass is 10.0. The molecule has 0 aliphatic heterocycles. The smallest absolute Gasteiger partial charge is 0.226 e. The first-order valence-electron chi connectivity index (χ1n) is 7.19. The third-order valence-electron chi connectivity index (χ3n) is 3.48. The second-order valence-corrected chi connectivity index (χ2v) is 5.18. The number of hydrogen-bond acceptors (Lipinski definition) is 2. The fourth-order valence-electron chi connectivity index (χ4n) is 2.46. The molecule has 0 saturated heterocycles. The minimum Gasteiger partial charge on any atom is -0.488 e. The van der Waals surface area contributed by atoms with Gasteiger partial charge in [-0.05, 0) is 27.1 Å². The van der Waals surface area contributed by atoms with Crippen LogP contribution in [-0.2, 0) is 6.61 Å². The van der Waals surface area contributed by atoms with Crippen molar-refractivity contribution in [1.82, 2.24) is 0 Å². The van der Waals surface area contributed by atoms with E-state index < -0.39 is 0 Å². The molecule has 1 N–H and O–H groups in total. The van der Waals surface area contributed by atoms with Crippen molar-refractivity contribution in [2.24, 2.45) is 0 Å². The molecule has 3 nitrogen and oxygen atoms in total. The molecule has 0 radical (unpaired) electrons. The number of hydrogen-bond donors (Lipinski definition) is 1. The van der Waals surface area contributed by atoms with Crippen LogP contribution in [0.5, 0.6) is 5.75 Å². The summed E-state index contributed by atoms with van der Waals surface area (Å²) in [6, 6.07) is 22.1. The fourth-order valence-corrected chi connectivity index (χ4v) is 2.46. The summed E-state index contributed by atoms with van der Waals surface area (Å²) >= 11 is 0. The molecule has 0 unspecified atom stereocenters. The first-order chi connectivity index (χ1) is 10.7. The van der Waals surface area contributed by atoms with Crippen molar-refractivity contribution in [3.8, 4) is 5.75 Å². The van der Waals surface area contributed by atoms with Crippen LogP contribution in [0.2, 0.25) is 0 Å². The van der Waals surface area contributed by atoms with Gasteiger partial charge in [0.1, 0.15) is 12.4 Å². The van der Waals surface area contributed by atoms with E-state index in [9.17, 15) is 5.21 Å². The summed E-state index contributed by atoms with van der Waals surface area (Å²) in [6.45, 7) is 0.495. The van der Waals surface area contributed by atoms with Gasteiger partial charge in [0, 0.05) is 0 Å². The van der Waals surface area contributed by atoms with Crippen molar-refractivity contribution in [3.05, 3.63) is 77.9 Å². The first kappa shape index (κ1) is 14.1. The van der Waals surface area contributed by atoms with Crippen molar-refractivity contribution in [3.63, 3.8) is 0 Å². The van der Waals surface area contributed by atoms with Crippen molar-refractivity contribution in [2.75, 3.05) is 7.05 Å². The van der Waals surface area contributed by atoms with Crippen LogP contribution in [0.1, 0.15) is 11.1 Å². The fraction of sp³-hybridized carbons (Fsp3) is 0.105. The number of hydroxylamine groups is 1. The van der Waals surface area contributed by atoms with Crippen LogP contribution in [0.4, 0.5) is 0 Å². The van der Waals surface area contributed by atoms with E-state index in [0.717, 1.165) is 32.4 Å². The third kappa shape index (κ3) is 3.09. The van der Waals surface area contributed by atoms with Crippen molar-refractivity contribution >= 4 is 17.0 Å². The molecule has 0 bridgehead atoms. The summed E-state index contributed by atoms with van der Waals surface area (Å²) in [7, 11) is 1.59. The number of ether oxygens (including phenoxy) is 1. The predicted molar refractivity (Wildman–Crippen MR) is 87.9 cm³/mol. The summed E-state index contributed by atoms with van der Waals surface area (Å²) in [4.78, 5) is 0. The topological polar surface area (TPSA) is 32.5 Å². The molecule has 3 aromatic carbocycles. The van der Waals surface area contributed by atoms with E-state index in [0.29, 0.717) is 6.61 Å². The number of nitrogens with zero attached hydrogens (tertiary/aromatic N) is 1. The number of fused-ring (bicyclic) bond motifs is 1. The summed E-state index contributed by atoms with van der Waals surface area (Å²) in [6.07, 6.45) is 1.67. The van der Waals surface area contributed by atoms with Gasteiger partial charge in [0.15, 0.2) is 7.05 Å². The monoisotopic (exact) mass is 292 g/mol. The summed E-state index contributed by atoms with van der Waals surface area (Å²) < 4.78 is 7.02. The average Bonchev–Trinajstić information content (AvgIpc) is 2.54. The zero-order chi connectivity index (χ0) is 15.4. The Morgan fingerprint density at radius 2 is 1.68 bits per heavy atom. The Morgan fingerprint density at radius 1 is 0.955 bits per heavy atom. The Morgan fingerprint density at radius 3 is 2.45 bits per heavy atom. The molecular weight excluding hydrogens is 274 g/mol. The Bertz CT molecular complexity index is 806. The van der Waals surface area contributed by atoms with Gasteiger partial charge in [0.05, 0.1) is 5.56 Å². The largest absolute Gasteiger partial charge is 0.488 e. The Labute approximate surface area is 129 Å². The van der Waals surface area contributed by atoms with E-state index in [4.69, 9.17) is 4.74 Å². The second-order valence-electron chi connectivity index (χ2n) is 5.18. The molecule has 0 aliphatic carbocycles.